The molecule has 0 fully saturated rings. The van der Waals surface area contributed by atoms with Crippen molar-refractivity contribution < 1.29 is 13.2 Å². The Morgan fingerprint density at radius 3 is 1.91 bits per heavy atom. The number of benzene rings is 4. The number of rotatable bonds is 9. The van der Waals surface area contributed by atoms with Gasteiger partial charge in [0, 0.05) is 24.2 Å². The van der Waals surface area contributed by atoms with Crippen LogP contribution in [0.3, 0.4) is 0 Å². The van der Waals surface area contributed by atoms with Crippen LogP contribution < -0.4 is 15.2 Å². The molecule has 4 rings (SSSR count). The number of sulfonamides is 1. The van der Waals surface area contributed by atoms with Crippen molar-refractivity contribution in [2.24, 2.45) is 5.14 Å². The predicted octanol–water partition coefficient (Wildman–Crippen LogP) is 5.12. The molecule has 0 aromatic heterocycles. The van der Waals surface area contributed by atoms with E-state index in [-0.39, 0.29) is 4.90 Å². The molecule has 0 radical (unpaired) electrons. The van der Waals surface area contributed by atoms with Gasteiger partial charge >= 0.3 is 0 Å². The molecule has 0 saturated carbocycles. The molecule has 33 heavy (non-hydrogen) atoms. The molecule has 0 bridgehead atoms. The fraction of sp³-hybridized carbons (Fsp3) is 0.111. The number of primary sulfonamides is 1. The van der Waals surface area contributed by atoms with Gasteiger partial charge in [-0.15, -0.1) is 0 Å². The van der Waals surface area contributed by atoms with E-state index in [0.717, 1.165) is 22.4 Å². The Kier molecular flexibility index (Phi) is 7.07. The van der Waals surface area contributed by atoms with Crippen molar-refractivity contribution in [1.82, 2.24) is 0 Å². The summed E-state index contributed by atoms with van der Waals surface area (Å²) in [6.07, 6.45) is 0.392. The van der Waals surface area contributed by atoms with Crippen molar-refractivity contribution in [3.63, 3.8) is 0 Å². The third kappa shape index (κ3) is 6.22. The molecule has 0 atom stereocenters. The van der Waals surface area contributed by atoms with Crippen LogP contribution in [0.15, 0.2) is 108 Å². The van der Waals surface area contributed by atoms with Crippen LogP contribution in [0.25, 0.3) is 0 Å². The second-order valence-electron chi connectivity index (χ2n) is 7.77. The van der Waals surface area contributed by atoms with Crippen LogP contribution in [0, 0.1) is 0 Å². The summed E-state index contributed by atoms with van der Waals surface area (Å²) >= 11 is 0. The quantitative estimate of drug-likeness (QED) is 0.365. The van der Waals surface area contributed by atoms with E-state index in [9.17, 15) is 8.42 Å². The average Bonchev–Trinajstić information content (AvgIpc) is 2.83. The number of hydrogen-bond acceptors (Lipinski definition) is 4. The van der Waals surface area contributed by atoms with E-state index in [1.54, 1.807) is 6.07 Å². The molecule has 0 aliphatic heterocycles. The first-order chi connectivity index (χ1) is 16.0. The van der Waals surface area contributed by atoms with Crippen LogP contribution in [0.5, 0.6) is 5.75 Å². The van der Waals surface area contributed by atoms with E-state index in [4.69, 9.17) is 9.88 Å². The van der Waals surface area contributed by atoms with E-state index in [0.29, 0.717) is 30.9 Å². The van der Waals surface area contributed by atoms with Crippen LogP contribution in [0.4, 0.5) is 5.69 Å². The van der Waals surface area contributed by atoms with Gasteiger partial charge in [0.25, 0.3) is 0 Å². The molecule has 0 amide bonds. The Bertz CT molecular complexity index is 1290. The topological polar surface area (TPSA) is 81.4 Å². The number of hydrogen-bond donors (Lipinski definition) is 2. The first-order valence-electron chi connectivity index (χ1n) is 10.7. The molecular weight excluding hydrogens is 432 g/mol. The molecule has 6 heteroatoms. The zero-order chi connectivity index (χ0) is 23.1. The molecule has 4 aromatic rings. The van der Waals surface area contributed by atoms with Gasteiger partial charge in [-0.05, 0) is 41.0 Å². The first-order valence-corrected chi connectivity index (χ1v) is 12.2. The van der Waals surface area contributed by atoms with Crippen LogP contribution in [-0.2, 0) is 29.6 Å². The van der Waals surface area contributed by atoms with Crippen molar-refractivity contribution >= 4 is 15.7 Å². The maximum absolute atomic E-state index is 12.6. The smallest absolute Gasteiger partial charge is 0.238 e. The maximum Gasteiger partial charge on any atom is 0.238 e. The molecule has 0 unspecified atom stereocenters. The third-order valence-electron chi connectivity index (χ3n) is 5.27. The summed E-state index contributed by atoms with van der Waals surface area (Å²) in [5.74, 6) is 0.513. The molecule has 168 valence electrons. The molecular formula is C27H26N2O3S. The SMILES string of the molecule is NS(=O)(=O)c1cc(CNc2ccccc2)cc(OCc2ccccc2)c1Cc1ccccc1. The number of nitrogens with two attached hydrogens (primary N) is 1. The fourth-order valence-electron chi connectivity index (χ4n) is 3.63. The molecule has 5 nitrogen and oxygen atoms in total. The average molecular weight is 459 g/mol. The van der Waals surface area contributed by atoms with Gasteiger partial charge in [-0.1, -0.05) is 78.9 Å². The third-order valence-corrected chi connectivity index (χ3v) is 6.24. The van der Waals surface area contributed by atoms with Gasteiger partial charge in [-0.3, -0.25) is 0 Å². The molecule has 3 N–H and O–H groups in total. The zero-order valence-electron chi connectivity index (χ0n) is 18.1. The molecule has 0 spiro atoms. The summed E-state index contributed by atoms with van der Waals surface area (Å²) in [6, 6.07) is 32.7. The highest BCUT2D eigenvalue weighted by atomic mass is 32.2. The molecule has 0 aliphatic carbocycles. The standard InChI is InChI=1S/C27H26N2O3S/c28-33(30,31)27-18-23(19-29-24-14-8-3-9-15-24)17-26(32-20-22-12-6-2-7-13-22)25(27)16-21-10-4-1-5-11-21/h1-15,17-18,29H,16,19-20H2,(H2,28,30,31). The summed E-state index contributed by atoms with van der Waals surface area (Å²) in [5.41, 5.74) is 4.23. The lowest BCUT2D eigenvalue weighted by Gasteiger charge is -2.18. The summed E-state index contributed by atoms with van der Waals surface area (Å²) < 4.78 is 31.4. The maximum atomic E-state index is 12.6. The van der Waals surface area contributed by atoms with Gasteiger partial charge < -0.3 is 10.1 Å². The van der Waals surface area contributed by atoms with Crippen molar-refractivity contribution in [1.29, 1.82) is 0 Å². The van der Waals surface area contributed by atoms with E-state index >= 15 is 0 Å². The lowest BCUT2D eigenvalue weighted by Crippen LogP contribution is -2.17. The van der Waals surface area contributed by atoms with Crippen molar-refractivity contribution in [2.45, 2.75) is 24.5 Å². The van der Waals surface area contributed by atoms with E-state index < -0.39 is 10.0 Å². The Hall–Kier alpha value is -3.61. The molecule has 0 saturated heterocycles. The highest BCUT2D eigenvalue weighted by Crippen LogP contribution is 2.31. The lowest BCUT2D eigenvalue weighted by atomic mass is 10.0. The lowest BCUT2D eigenvalue weighted by molar-refractivity contribution is 0.302. The minimum Gasteiger partial charge on any atom is -0.489 e. The number of para-hydroxylation sites is 1. The van der Waals surface area contributed by atoms with Gasteiger partial charge in [0.05, 0.1) is 4.90 Å². The van der Waals surface area contributed by atoms with E-state index in [1.807, 2.05) is 97.1 Å². The van der Waals surface area contributed by atoms with Crippen molar-refractivity contribution in [3.05, 3.63) is 125 Å². The molecule has 0 aliphatic rings. The second kappa shape index (κ2) is 10.3. The number of ether oxygens (including phenoxy) is 1. The predicted molar refractivity (Wildman–Crippen MR) is 132 cm³/mol. The normalized spacial score (nSPS) is 11.2. The van der Waals surface area contributed by atoms with Crippen LogP contribution >= 0.6 is 0 Å². The summed E-state index contributed by atoms with van der Waals surface area (Å²) in [4.78, 5) is 0.0850. The van der Waals surface area contributed by atoms with Gasteiger partial charge in [0.15, 0.2) is 0 Å². The minimum absolute atomic E-state index is 0.0850. The Balaban J connectivity index is 1.72. The molecule has 4 aromatic carbocycles. The van der Waals surface area contributed by atoms with Gasteiger partial charge in [-0.2, -0.15) is 0 Å². The van der Waals surface area contributed by atoms with Gasteiger partial charge in [0.2, 0.25) is 10.0 Å². The zero-order valence-corrected chi connectivity index (χ0v) is 19.0. The van der Waals surface area contributed by atoms with E-state index in [1.165, 1.54) is 0 Å². The fourth-order valence-corrected chi connectivity index (χ4v) is 4.46. The van der Waals surface area contributed by atoms with Gasteiger partial charge in [0.1, 0.15) is 12.4 Å². The van der Waals surface area contributed by atoms with Crippen LogP contribution in [0.2, 0.25) is 0 Å². The Morgan fingerprint density at radius 2 is 1.30 bits per heavy atom. The summed E-state index contributed by atoms with van der Waals surface area (Å²) in [6.45, 7) is 0.752. The minimum atomic E-state index is -3.97. The van der Waals surface area contributed by atoms with E-state index in [2.05, 4.69) is 5.32 Å². The van der Waals surface area contributed by atoms with Crippen molar-refractivity contribution in [2.75, 3.05) is 5.32 Å². The van der Waals surface area contributed by atoms with Gasteiger partial charge in [-0.25, -0.2) is 13.6 Å². The number of anilines is 1. The summed E-state index contributed by atoms with van der Waals surface area (Å²) in [7, 11) is -3.97. The van der Waals surface area contributed by atoms with Crippen LogP contribution in [0.1, 0.15) is 22.3 Å². The molecule has 0 heterocycles. The largest absolute Gasteiger partial charge is 0.489 e. The highest BCUT2D eigenvalue weighted by molar-refractivity contribution is 7.89. The Labute approximate surface area is 194 Å². The van der Waals surface area contributed by atoms with Crippen LogP contribution in [-0.4, -0.2) is 8.42 Å². The first kappa shape index (κ1) is 22.6. The second-order valence-corrected chi connectivity index (χ2v) is 9.30. The number of nitrogens with one attached hydrogen (secondary N) is 1. The monoisotopic (exact) mass is 458 g/mol. The highest BCUT2D eigenvalue weighted by Gasteiger charge is 2.21. The Morgan fingerprint density at radius 1 is 0.727 bits per heavy atom. The summed E-state index contributed by atoms with van der Waals surface area (Å²) in [5, 5.41) is 8.98. The van der Waals surface area contributed by atoms with Crippen molar-refractivity contribution in [3.8, 4) is 5.75 Å².